The highest BCUT2D eigenvalue weighted by Gasteiger charge is 2.36. The summed E-state index contributed by atoms with van der Waals surface area (Å²) < 4.78 is 0. The van der Waals surface area contributed by atoms with Gasteiger partial charge in [0.15, 0.2) is 0 Å². The Morgan fingerprint density at radius 1 is 1.20 bits per heavy atom. The number of hydrogen-bond donors (Lipinski definition) is 1. The summed E-state index contributed by atoms with van der Waals surface area (Å²) in [4.78, 5) is 17.8. The van der Waals surface area contributed by atoms with Gasteiger partial charge in [-0.25, -0.2) is 4.79 Å². The van der Waals surface area contributed by atoms with E-state index in [1.807, 2.05) is 6.07 Å². The van der Waals surface area contributed by atoms with Crippen LogP contribution in [0.3, 0.4) is 0 Å². The van der Waals surface area contributed by atoms with Crippen molar-refractivity contribution in [3.8, 4) is 0 Å². The highest BCUT2D eigenvalue weighted by atomic mass is 16.2. The summed E-state index contributed by atoms with van der Waals surface area (Å²) in [6.45, 7) is 5.34. The van der Waals surface area contributed by atoms with E-state index >= 15 is 0 Å². The zero-order valence-electron chi connectivity index (χ0n) is 15.4. The summed E-state index contributed by atoms with van der Waals surface area (Å²) in [7, 11) is 0. The Morgan fingerprint density at radius 2 is 2.00 bits per heavy atom. The molecule has 136 valence electrons. The molecule has 2 saturated heterocycles. The van der Waals surface area contributed by atoms with Crippen LogP contribution in [0.15, 0.2) is 30.3 Å². The van der Waals surface area contributed by atoms with Crippen LogP contribution in [-0.2, 0) is 6.54 Å². The minimum Gasteiger partial charge on any atom is -0.335 e. The fourth-order valence-electron chi connectivity index (χ4n) is 4.63. The number of hydrogen-bond acceptors (Lipinski definition) is 2. The van der Waals surface area contributed by atoms with Crippen molar-refractivity contribution in [1.82, 2.24) is 15.1 Å². The molecule has 25 heavy (non-hydrogen) atoms. The van der Waals surface area contributed by atoms with Gasteiger partial charge in [0.1, 0.15) is 0 Å². The molecule has 1 N–H and O–H groups in total. The summed E-state index contributed by atoms with van der Waals surface area (Å²) in [5, 5.41) is 3.38. The van der Waals surface area contributed by atoms with Crippen LogP contribution in [0, 0.1) is 5.92 Å². The largest absolute Gasteiger partial charge is 0.335 e. The molecule has 4 heteroatoms. The van der Waals surface area contributed by atoms with Crippen LogP contribution in [0.4, 0.5) is 4.79 Å². The van der Waals surface area contributed by atoms with Crippen molar-refractivity contribution in [3.63, 3.8) is 0 Å². The van der Waals surface area contributed by atoms with Crippen molar-refractivity contribution >= 4 is 6.03 Å². The molecule has 0 unspecified atom stereocenters. The lowest BCUT2D eigenvalue weighted by molar-refractivity contribution is 0.141. The van der Waals surface area contributed by atoms with Crippen LogP contribution in [-0.4, -0.2) is 47.0 Å². The van der Waals surface area contributed by atoms with Gasteiger partial charge in [0.2, 0.25) is 0 Å². The molecule has 0 radical (unpaired) electrons. The predicted molar refractivity (Wildman–Crippen MR) is 100 cm³/mol. The number of amides is 2. The Hall–Kier alpha value is -1.55. The van der Waals surface area contributed by atoms with E-state index in [0.29, 0.717) is 30.6 Å². The number of carbonyl (C=O) groups is 1. The number of carbonyl (C=O) groups excluding carboxylic acids is 1. The molecule has 0 spiro atoms. The Balaban J connectivity index is 1.40. The maximum atomic E-state index is 13.1. The number of fused-ring (bicyclic) bond motifs is 1. The van der Waals surface area contributed by atoms with E-state index in [0.717, 1.165) is 19.4 Å². The van der Waals surface area contributed by atoms with Gasteiger partial charge in [-0.05, 0) is 63.5 Å². The van der Waals surface area contributed by atoms with Crippen molar-refractivity contribution in [2.24, 2.45) is 5.92 Å². The van der Waals surface area contributed by atoms with Crippen LogP contribution in [0.2, 0.25) is 0 Å². The lowest BCUT2D eigenvalue weighted by Gasteiger charge is -2.37. The van der Waals surface area contributed by atoms with Gasteiger partial charge in [0.25, 0.3) is 0 Å². The third kappa shape index (κ3) is 4.00. The second-order valence-electron chi connectivity index (χ2n) is 8.19. The molecule has 0 bridgehead atoms. The molecule has 2 amide bonds. The molecular formula is C21H31N3O. The zero-order valence-corrected chi connectivity index (χ0v) is 15.4. The van der Waals surface area contributed by atoms with Gasteiger partial charge in [-0.1, -0.05) is 30.3 Å². The fourth-order valence-corrected chi connectivity index (χ4v) is 4.63. The molecule has 0 aromatic heterocycles. The molecule has 1 saturated carbocycles. The summed E-state index contributed by atoms with van der Waals surface area (Å²) in [5.41, 5.74) is 1.22. The molecule has 1 aliphatic carbocycles. The van der Waals surface area contributed by atoms with E-state index in [9.17, 15) is 4.79 Å². The van der Waals surface area contributed by atoms with Crippen molar-refractivity contribution < 1.29 is 4.79 Å². The highest BCUT2D eigenvalue weighted by molar-refractivity contribution is 5.75. The normalized spacial score (nSPS) is 27.6. The summed E-state index contributed by atoms with van der Waals surface area (Å²) in [6, 6.07) is 11.9. The third-order valence-corrected chi connectivity index (χ3v) is 6.40. The van der Waals surface area contributed by atoms with Gasteiger partial charge in [-0.3, -0.25) is 0 Å². The third-order valence-electron chi connectivity index (χ3n) is 6.40. The monoisotopic (exact) mass is 341 g/mol. The average molecular weight is 341 g/mol. The summed E-state index contributed by atoms with van der Waals surface area (Å²) in [6.07, 6.45) is 7.38. The van der Waals surface area contributed by atoms with Crippen LogP contribution >= 0.6 is 0 Å². The quantitative estimate of drug-likeness (QED) is 0.888. The van der Waals surface area contributed by atoms with Gasteiger partial charge < -0.3 is 15.1 Å². The highest BCUT2D eigenvalue weighted by Crippen LogP contribution is 2.36. The summed E-state index contributed by atoms with van der Waals surface area (Å²) >= 11 is 0. The van der Waals surface area contributed by atoms with Gasteiger partial charge in [0, 0.05) is 31.2 Å². The van der Waals surface area contributed by atoms with E-state index in [4.69, 9.17) is 0 Å². The van der Waals surface area contributed by atoms with Crippen molar-refractivity contribution in [1.29, 1.82) is 0 Å². The number of urea groups is 1. The van der Waals surface area contributed by atoms with E-state index in [1.54, 1.807) is 0 Å². The zero-order chi connectivity index (χ0) is 17.2. The maximum absolute atomic E-state index is 13.1. The van der Waals surface area contributed by atoms with Crippen molar-refractivity contribution in [2.45, 2.75) is 70.1 Å². The maximum Gasteiger partial charge on any atom is 0.318 e. The van der Waals surface area contributed by atoms with Gasteiger partial charge in [0.05, 0.1) is 0 Å². The molecule has 3 atom stereocenters. The fraction of sp³-hybridized carbons (Fsp3) is 0.667. The molecule has 2 heterocycles. The molecule has 3 aliphatic rings. The number of benzene rings is 1. The Morgan fingerprint density at radius 3 is 2.76 bits per heavy atom. The summed E-state index contributed by atoms with van der Waals surface area (Å²) in [5.74, 6) is 0.686. The minimum atomic E-state index is 0.139. The average Bonchev–Trinajstić information content (AvgIpc) is 3.38. The van der Waals surface area contributed by atoms with Gasteiger partial charge in [-0.15, -0.1) is 0 Å². The second-order valence-corrected chi connectivity index (χ2v) is 8.19. The molecular weight excluding hydrogens is 310 g/mol. The smallest absolute Gasteiger partial charge is 0.318 e. The van der Waals surface area contributed by atoms with Gasteiger partial charge in [-0.2, -0.15) is 0 Å². The number of piperidine rings is 1. The topological polar surface area (TPSA) is 35.6 Å². The minimum absolute atomic E-state index is 0.139. The Bertz CT molecular complexity index is 586. The number of rotatable bonds is 5. The first kappa shape index (κ1) is 16.9. The van der Waals surface area contributed by atoms with E-state index in [-0.39, 0.29) is 6.03 Å². The number of nitrogens with one attached hydrogen (secondary N) is 1. The second kappa shape index (κ2) is 7.36. The SMILES string of the molecule is C[C@H](C1CC1)N(Cc1ccccc1)C(=O)N[C@H]1CCN2CCC[C@H]2C1. The van der Waals surface area contributed by atoms with Gasteiger partial charge >= 0.3 is 6.03 Å². The lowest BCUT2D eigenvalue weighted by atomic mass is 9.98. The molecule has 4 rings (SSSR count). The molecule has 3 fully saturated rings. The standard InChI is InChI=1S/C21H31N3O/c1-16(18-9-10-18)24(15-17-6-3-2-4-7-17)21(25)22-19-11-13-23-12-5-8-20(23)14-19/h2-4,6-7,16,18-20H,5,8-15H2,1H3,(H,22,25)/t16-,19+,20+/m1/s1. The first-order chi connectivity index (χ1) is 12.2. The lowest BCUT2D eigenvalue weighted by Crippen LogP contribution is -2.52. The van der Waals surface area contributed by atoms with Crippen LogP contribution in [0.1, 0.15) is 51.0 Å². The van der Waals surface area contributed by atoms with Crippen molar-refractivity contribution in [3.05, 3.63) is 35.9 Å². The van der Waals surface area contributed by atoms with Crippen LogP contribution < -0.4 is 5.32 Å². The predicted octanol–water partition coefficient (Wildman–Crippen LogP) is 3.62. The number of nitrogens with zero attached hydrogens (tertiary/aromatic N) is 2. The molecule has 2 aliphatic heterocycles. The van der Waals surface area contributed by atoms with E-state index in [2.05, 4.69) is 46.3 Å². The molecule has 4 nitrogen and oxygen atoms in total. The molecule has 1 aromatic rings. The van der Waals surface area contributed by atoms with E-state index < -0.39 is 0 Å². The molecule has 1 aromatic carbocycles. The van der Waals surface area contributed by atoms with E-state index in [1.165, 1.54) is 37.8 Å². The van der Waals surface area contributed by atoms with Crippen LogP contribution in [0.25, 0.3) is 0 Å². The Labute approximate surface area is 151 Å². The van der Waals surface area contributed by atoms with Crippen LogP contribution in [0.5, 0.6) is 0 Å². The Kier molecular flexibility index (Phi) is 4.98. The first-order valence-electron chi connectivity index (χ1n) is 10.1. The first-order valence-corrected chi connectivity index (χ1v) is 10.1. The van der Waals surface area contributed by atoms with Crippen molar-refractivity contribution in [2.75, 3.05) is 13.1 Å².